The summed E-state index contributed by atoms with van der Waals surface area (Å²) in [6.45, 7) is 0.608. The molecule has 0 unspecified atom stereocenters. The van der Waals surface area contributed by atoms with E-state index in [-0.39, 0.29) is 32.9 Å². The summed E-state index contributed by atoms with van der Waals surface area (Å²) in [7, 11) is 0. The lowest BCUT2D eigenvalue weighted by Crippen LogP contribution is -2.21. The maximum absolute atomic E-state index is 14.1. The van der Waals surface area contributed by atoms with Crippen molar-refractivity contribution in [3.8, 4) is 11.3 Å². The molecule has 0 saturated heterocycles. The fraction of sp³-hybridized carbons (Fsp3) is 0.188. The molecule has 7 heteroatoms. The Bertz CT molecular complexity index is 1020. The minimum atomic E-state index is -0.775. The van der Waals surface area contributed by atoms with Crippen LogP contribution in [0.2, 0.25) is 5.15 Å². The van der Waals surface area contributed by atoms with Gasteiger partial charge in [0, 0.05) is 24.6 Å². The number of fused-ring (bicyclic) bond motifs is 2. The van der Waals surface area contributed by atoms with Crippen molar-refractivity contribution in [1.29, 1.82) is 0 Å². The molecule has 2 aromatic heterocycles. The van der Waals surface area contributed by atoms with Crippen molar-refractivity contribution < 1.29 is 8.78 Å². The monoisotopic (exact) mass is 333 g/mol. The smallest absolute Gasteiger partial charge is 0.261 e. The van der Waals surface area contributed by atoms with Gasteiger partial charge in [-0.25, -0.2) is 18.7 Å². The Hall–Kier alpha value is -2.34. The lowest BCUT2D eigenvalue weighted by atomic mass is 10.1. The van der Waals surface area contributed by atoms with E-state index in [0.717, 1.165) is 18.6 Å². The van der Waals surface area contributed by atoms with Crippen LogP contribution in [-0.2, 0) is 13.0 Å². The number of aromatic nitrogens is 3. The van der Waals surface area contributed by atoms with Gasteiger partial charge in [-0.3, -0.25) is 9.36 Å². The maximum Gasteiger partial charge on any atom is 0.261 e. The van der Waals surface area contributed by atoms with E-state index >= 15 is 0 Å². The minimum Gasteiger partial charge on any atom is -0.296 e. The Labute approximate surface area is 134 Å². The molecule has 3 heterocycles. The zero-order chi connectivity index (χ0) is 16.1. The van der Waals surface area contributed by atoms with Crippen LogP contribution in [0.15, 0.2) is 29.1 Å². The van der Waals surface area contributed by atoms with Crippen molar-refractivity contribution in [1.82, 2.24) is 14.5 Å². The summed E-state index contributed by atoms with van der Waals surface area (Å²) in [6.07, 6.45) is 1.51. The topological polar surface area (TPSA) is 47.8 Å². The standard InChI is InChI=1S/C16H10ClF2N3O/c17-12-7-10-15(21-13-2-1-5-22(13)16(10)23)14(20-12)9-4-3-8(18)6-11(9)19/h3-4,6-7H,1-2,5H2. The molecular formula is C16H10ClF2N3O. The van der Waals surface area contributed by atoms with Crippen molar-refractivity contribution in [3.05, 3.63) is 57.2 Å². The number of aryl methyl sites for hydroxylation is 1. The molecule has 4 rings (SSSR count). The third-order valence-electron chi connectivity index (χ3n) is 3.96. The number of hydrogen-bond acceptors (Lipinski definition) is 3. The number of nitrogens with zero attached hydrogens (tertiary/aromatic N) is 3. The van der Waals surface area contributed by atoms with Gasteiger partial charge in [-0.1, -0.05) is 11.6 Å². The summed E-state index contributed by atoms with van der Waals surface area (Å²) in [5.41, 5.74) is 0.291. The van der Waals surface area contributed by atoms with E-state index in [0.29, 0.717) is 18.8 Å². The van der Waals surface area contributed by atoms with Gasteiger partial charge in [0.15, 0.2) is 0 Å². The Balaban J connectivity index is 2.11. The lowest BCUT2D eigenvalue weighted by molar-refractivity contribution is 0.585. The van der Waals surface area contributed by atoms with Crippen LogP contribution in [0, 0.1) is 11.6 Å². The van der Waals surface area contributed by atoms with Gasteiger partial charge in [-0.05, 0) is 24.6 Å². The molecule has 1 aliphatic rings. The number of halogens is 3. The first-order valence-electron chi connectivity index (χ1n) is 7.10. The quantitative estimate of drug-likeness (QED) is 0.642. The van der Waals surface area contributed by atoms with E-state index in [1.165, 1.54) is 12.1 Å². The van der Waals surface area contributed by atoms with Crippen LogP contribution in [-0.4, -0.2) is 14.5 Å². The molecule has 0 fully saturated rings. The van der Waals surface area contributed by atoms with Crippen molar-refractivity contribution in [2.45, 2.75) is 19.4 Å². The normalized spacial score (nSPS) is 13.5. The average Bonchev–Trinajstić information content (AvgIpc) is 2.97. The van der Waals surface area contributed by atoms with E-state index < -0.39 is 11.6 Å². The summed E-state index contributed by atoms with van der Waals surface area (Å²) in [6, 6.07) is 4.61. The SMILES string of the molecule is O=c1c2cc(Cl)nc(-c3ccc(F)cc3F)c2nc2n1CCC2. The molecule has 1 aromatic carbocycles. The zero-order valence-corrected chi connectivity index (χ0v) is 12.6. The fourth-order valence-corrected chi connectivity index (χ4v) is 3.11. The number of pyridine rings is 1. The summed E-state index contributed by atoms with van der Waals surface area (Å²) in [5.74, 6) is -0.814. The second kappa shape index (κ2) is 5.09. The third-order valence-corrected chi connectivity index (χ3v) is 4.15. The van der Waals surface area contributed by atoms with E-state index in [2.05, 4.69) is 9.97 Å². The van der Waals surface area contributed by atoms with Crippen LogP contribution in [0.4, 0.5) is 8.78 Å². The minimum absolute atomic E-state index is 0.0636. The first-order valence-corrected chi connectivity index (χ1v) is 7.48. The van der Waals surface area contributed by atoms with Gasteiger partial charge >= 0.3 is 0 Å². The van der Waals surface area contributed by atoms with Crippen molar-refractivity contribution in [3.63, 3.8) is 0 Å². The van der Waals surface area contributed by atoms with Crippen LogP contribution in [0.25, 0.3) is 22.2 Å². The largest absolute Gasteiger partial charge is 0.296 e. The summed E-state index contributed by atoms with van der Waals surface area (Å²) in [5, 5.41) is 0.350. The molecule has 4 nitrogen and oxygen atoms in total. The molecule has 0 saturated carbocycles. The second-order valence-corrected chi connectivity index (χ2v) is 5.79. The van der Waals surface area contributed by atoms with Gasteiger partial charge in [-0.15, -0.1) is 0 Å². The average molecular weight is 334 g/mol. The summed E-state index contributed by atoms with van der Waals surface area (Å²) >= 11 is 6.00. The van der Waals surface area contributed by atoms with Gasteiger partial charge in [0.05, 0.1) is 5.39 Å². The molecule has 0 radical (unpaired) electrons. The van der Waals surface area contributed by atoms with Crippen molar-refractivity contribution in [2.24, 2.45) is 0 Å². The van der Waals surface area contributed by atoms with Crippen molar-refractivity contribution >= 4 is 22.5 Å². The highest BCUT2D eigenvalue weighted by Gasteiger charge is 2.21. The molecule has 3 aromatic rings. The van der Waals surface area contributed by atoms with E-state index in [1.807, 2.05) is 0 Å². The molecule has 0 spiro atoms. The third kappa shape index (κ3) is 2.21. The Morgan fingerprint density at radius 2 is 2.00 bits per heavy atom. The Kier molecular flexibility index (Phi) is 3.16. The number of rotatable bonds is 1. The Morgan fingerprint density at radius 1 is 1.17 bits per heavy atom. The van der Waals surface area contributed by atoms with Crippen molar-refractivity contribution in [2.75, 3.05) is 0 Å². The highest BCUT2D eigenvalue weighted by molar-refractivity contribution is 6.30. The fourth-order valence-electron chi connectivity index (χ4n) is 2.92. The van der Waals surface area contributed by atoms with Gasteiger partial charge in [0.25, 0.3) is 5.56 Å². The molecular weight excluding hydrogens is 324 g/mol. The predicted molar refractivity (Wildman–Crippen MR) is 82.5 cm³/mol. The molecule has 0 aliphatic carbocycles. The number of benzene rings is 1. The van der Waals surface area contributed by atoms with Crippen LogP contribution < -0.4 is 5.56 Å². The molecule has 1 aliphatic heterocycles. The van der Waals surface area contributed by atoms with Crippen LogP contribution in [0.1, 0.15) is 12.2 Å². The lowest BCUT2D eigenvalue weighted by Gasteiger charge is -2.10. The molecule has 0 bridgehead atoms. The predicted octanol–water partition coefficient (Wildman–Crippen LogP) is 3.34. The van der Waals surface area contributed by atoms with Crippen LogP contribution >= 0.6 is 11.6 Å². The summed E-state index contributed by atoms with van der Waals surface area (Å²) < 4.78 is 28.9. The second-order valence-electron chi connectivity index (χ2n) is 5.40. The molecule has 0 amide bonds. The van der Waals surface area contributed by atoms with Gasteiger partial charge in [0.1, 0.15) is 33.8 Å². The van der Waals surface area contributed by atoms with E-state index in [9.17, 15) is 13.6 Å². The first kappa shape index (κ1) is 14.3. The molecule has 0 atom stereocenters. The highest BCUT2D eigenvalue weighted by Crippen LogP contribution is 2.29. The van der Waals surface area contributed by atoms with Gasteiger partial charge in [-0.2, -0.15) is 0 Å². The van der Waals surface area contributed by atoms with E-state index in [4.69, 9.17) is 11.6 Å². The van der Waals surface area contributed by atoms with Crippen LogP contribution in [0.3, 0.4) is 0 Å². The molecule has 116 valence electrons. The van der Waals surface area contributed by atoms with Crippen LogP contribution in [0.5, 0.6) is 0 Å². The Morgan fingerprint density at radius 3 is 2.78 bits per heavy atom. The zero-order valence-electron chi connectivity index (χ0n) is 11.8. The maximum atomic E-state index is 14.1. The number of hydrogen-bond donors (Lipinski definition) is 0. The van der Waals surface area contributed by atoms with Gasteiger partial charge in [0.2, 0.25) is 0 Å². The van der Waals surface area contributed by atoms with Gasteiger partial charge < -0.3 is 0 Å². The summed E-state index contributed by atoms with van der Waals surface area (Å²) in [4.78, 5) is 21.2. The highest BCUT2D eigenvalue weighted by atomic mass is 35.5. The van der Waals surface area contributed by atoms with E-state index in [1.54, 1.807) is 4.57 Å². The molecule has 0 N–H and O–H groups in total. The molecule has 23 heavy (non-hydrogen) atoms. The first-order chi connectivity index (χ1) is 11.0.